The molecule has 0 saturated heterocycles. The first kappa shape index (κ1) is 20.0. The molecular formula is C22H27NO5. The highest BCUT2D eigenvalue weighted by Crippen LogP contribution is 2.45. The van der Waals surface area contributed by atoms with Crippen molar-refractivity contribution in [2.45, 2.75) is 25.9 Å². The molecule has 0 bridgehead atoms. The molecule has 0 aromatic heterocycles. The highest BCUT2D eigenvalue weighted by Gasteiger charge is 2.49. The zero-order valence-electron chi connectivity index (χ0n) is 17.0. The third-order valence-corrected chi connectivity index (χ3v) is 4.97. The highest BCUT2D eigenvalue weighted by atomic mass is 16.5. The van der Waals surface area contributed by atoms with E-state index in [1.165, 1.54) is 21.3 Å². The van der Waals surface area contributed by atoms with Crippen molar-refractivity contribution in [1.29, 1.82) is 0 Å². The number of fused-ring (bicyclic) bond motifs is 1. The van der Waals surface area contributed by atoms with Gasteiger partial charge in [0.15, 0.2) is 17.1 Å². The van der Waals surface area contributed by atoms with Crippen LogP contribution in [0.1, 0.15) is 25.0 Å². The lowest BCUT2D eigenvalue weighted by molar-refractivity contribution is -0.136. The number of benzene rings is 2. The number of para-hydroxylation sites is 1. The van der Waals surface area contributed by atoms with Gasteiger partial charge in [0, 0.05) is 18.5 Å². The second-order valence-corrected chi connectivity index (χ2v) is 7.40. The summed E-state index contributed by atoms with van der Waals surface area (Å²) < 4.78 is 16.2. The van der Waals surface area contributed by atoms with Crippen molar-refractivity contribution in [3.05, 3.63) is 47.5 Å². The Morgan fingerprint density at radius 3 is 2.18 bits per heavy atom. The molecule has 1 atom stereocenters. The Bertz CT molecular complexity index is 854. The molecule has 0 spiro atoms. The summed E-state index contributed by atoms with van der Waals surface area (Å²) in [7, 11) is 4.61. The predicted molar refractivity (Wildman–Crippen MR) is 107 cm³/mol. The maximum Gasteiger partial charge on any atom is 0.264 e. The second-order valence-electron chi connectivity index (χ2n) is 7.40. The maximum atomic E-state index is 13.2. The van der Waals surface area contributed by atoms with E-state index in [-0.39, 0.29) is 18.2 Å². The number of methoxy groups -OCH3 is 3. The van der Waals surface area contributed by atoms with Crippen LogP contribution in [0.2, 0.25) is 0 Å². The van der Waals surface area contributed by atoms with E-state index in [0.29, 0.717) is 34.9 Å². The number of aliphatic hydroxyl groups is 1. The normalized spacial score (nSPS) is 18.4. The fourth-order valence-corrected chi connectivity index (χ4v) is 3.76. The molecule has 6 heteroatoms. The number of carbonyl (C=O) groups excluding carboxylic acids is 1. The standard InChI is InChI=1S/C22H27NO5/c1-14(2)13-23-17-9-7-6-8-16(17)22(25,21(23)24)12-15-10-18(26-3)20(28-5)19(11-15)27-4/h6-11,14,25H,12-13H2,1-5H3. The van der Waals surface area contributed by atoms with Gasteiger partial charge >= 0.3 is 0 Å². The summed E-state index contributed by atoms with van der Waals surface area (Å²) in [6, 6.07) is 10.9. The Balaban J connectivity index is 2.05. The van der Waals surface area contributed by atoms with Crippen LogP contribution < -0.4 is 19.1 Å². The van der Waals surface area contributed by atoms with Gasteiger partial charge in [-0.25, -0.2) is 0 Å². The number of nitrogens with zero attached hydrogens (tertiary/aromatic N) is 1. The van der Waals surface area contributed by atoms with Crippen LogP contribution in [0.4, 0.5) is 5.69 Å². The average Bonchev–Trinajstić information content (AvgIpc) is 2.89. The predicted octanol–water partition coefficient (Wildman–Crippen LogP) is 3.15. The van der Waals surface area contributed by atoms with Gasteiger partial charge in [-0.15, -0.1) is 0 Å². The molecule has 1 aliphatic heterocycles. The number of carbonyl (C=O) groups is 1. The van der Waals surface area contributed by atoms with Crippen LogP contribution >= 0.6 is 0 Å². The highest BCUT2D eigenvalue weighted by molar-refractivity contribution is 6.07. The van der Waals surface area contributed by atoms with Crippen LogP contribution in [0.25, 0.3) is 0 Å². The van der Waals surface area contributed by atoms with Crippen LogP contribution in [0, 0.1) is 5.92 Å². The van der Waals surface area contributed by atoms with Crippen LogP contribution in [0.15, 0.2) is 36.4 Å². The summed E-state index contributed by atoms with van der Waals surface area (Å²) >= 11 is 0. The van der Waals surface area contributed by atoms with Gasteiger partial charge in [-0.2, -0.15) is 0 Å². The van der Waals surface area contributed by atoms with Gasteiger partial charge in [0.25, 0.3) is 5.91 Å². The van der Waals surface area contributed by atoms with Crippen molar-refractivity contribution in [2.75, 3.05) is 32.8 Å². The van der Waals surface area contributed by atoms with E-state index in [4.69, 9.17) is 14.2 Å². The smallest absolute Gasteiger partial charge is 0.264 e. The molecule has 3 rings (SSSR count). The fraction of sp³-hybridized carbons (Fsp3) is 0.409. The van der Waals surface area contributed by atoms with E-state index < -0.39 is 5.60 Å². The topological polar surface area (TPSA) is 68.2 Å². The van der Waals surface area contributed by atoms with E-state index in [1.807, 2.05) is 38.1 Å². The molecule has 0 aliphatic carbocycles. The molecule has 2 aromatic rings. The van der Waals surface area contributed by atoms with Gasteiger partial charge in [0.05, 0.1) is 27.0 Å². The van der Waals surface area contributed by atoms with Crippen LogP contribution in [0.3, 0.4) is 0 Å². The molecule has 0 saturated carbocycles. The van der Waals surface area contributed by atoms with Crippen molar-refractivity contribution in [3.8, 4) is 17.2 Å². The third-order valence-electron chi connectivity index (χ3n) is 4.97. The zero-order valence-corrected chi connectivity index (χ0v) is 17.0. The van der Waals surface area contributed by atoms with E-state index in [9.17, 15) is 9.90 Å². The molecule has 0 fully saturated rings. The Kier molecular flexibility index (Phi) is 5.52. The molecule has 1 amide bonds. The molecule has 0 radical (unpaired) electrons. The van der Waals surface area contributed by atoms with E-state index in [1.54, 1.807) is 17.0 Å². The summed E-state index contributed by atoms with van der Waals surface area (Å²) in [5.74, 6) is 1.41. The second kappa shape index (κ2) is 7.72. The minimum atomic E-state index is -1.64. The van der Waals surface area contributed by atoms with E-state index in [2.05, 4.69) is 0 Å². The molecule has 1 N–H and O–H groups in total. The zero-order chi connectivity index (χ0) is 20.5. The first-order valence-electron chi connectivity index (χ1n) is 9.28. The van der Waals surface area contributed by atoms with Crippen LogP contribution in [0.5, 0.6) is 17.2 Å². The number of rotatable bonds is 7. The summed E-state index contributed by atoms with van der Waals surface area (Å²) in [6.45, 7) is 4.65. The van der Waals surface area contributed by atoms with Crippen molar-refractivity contribution in [3.63, 3.8) is 0 Å². The van der Waals surface area contributed by atoms with Crippen molar-refractivity contribution >= 4 is 11.6 Å². The van der Waals surface area contributed by atoms with Crippen LogP contribution in [-0.4, -0.2) is 38.9 Å². The van der Waals surface area contributed by atoms with Gasteiger partial charge in [-0.05, 0) is 29.7 Å². The van der Waals surface area contributed by atoms with Crippen LogP contribution in [-0.2, 0) is 16.8 Å². The first-order chi connectivity index (χ1) is 13.3. The lowest BCUT2D eigenvalue weighted by atomic mass is 9.88. The molecule has 1 unspecified atom stereocenters. The lowest BCUT2D eigenvalue weighted by Gasteiger charge is -2.25. The summed E-state index contributed by atoms with van der Waals surface area (Å²) in [4.78, 5) is 14.9. The molecule has 1 aliphatic rings. The molecular weight excluding hydrogens is 358 g/mol. The number of amides is 1. The first-order valence-corrected chi connectivity index (χ1v) is 9.28. The quantitative estimate of drug-likeness (QED) is 0.793. The van der Waals surface area contributed by atoms with Gasteiger partial charge in [0.2, 0.25) is 5.75 Å². The summed E-state index contributed by atoms with van der Waals surface area (Å²) in [6.07, 6.45) is 0.105. The molecule has 1 heterocycles. The number of ether oxygens (including phenoxy) is 3. The SMILES string of the molecule is COc1cc(CC2(O)C(=O)N(CC(C)C)c3ccccc32)cc(OC)c1OC. The Labute approximate surface area is 165 Å². The van der Waals surface area contributed by atoms with Crippen molar-refractivity contribution in [2.24, 2.45) is 5.92 Å². The maximum absolute atomic E-state index is 13.2. The minimum Gasteiger partial charge on any atom is -0.493 e. The van der Waals surface area contributed by atoms with Gasteiger partial charge in [0.1, 0.15) is 0 Å². The van der Waals surface area contributed by atoms with Crippen molar-refractivity contribution < 1.29 is 24.1 Å². The summed E-state index contributed by atoms with van der Waals surface area (Å²) in [5, 5.41) is 11.5. The average molecular weight is 385 g/mol. The lowest BCUT2D eigenvalue weighted by Crippen LogP contribution is -2.43. The molecule has 28 heavy (non-hydrogen) atoms. The van der Waals surface area contributed by atoms with E-state index >= 15 is 0 Å². The van der Waals surface area contributed by atoms with Crippen molar-refractivity contribution in [1.82, 2.24) is 0 Å². The van der Waals surface area contributed by atoms with Gasteiger partial charge in [-0.1, -0.05) is 32.0 Å². The van der Waals surface area contributed by atoms with E-state index in [0.717, 1.165) is 5.69 Å². The largest absolute Gasteiger partial charge is 0.493 e. The monoisotopic (exact) mass is 385 g/mol. The number of anilines is 1. The van der Waals surface area contributed by atoms with Gasteiger partial charge < -0.3 is 24.2 Å². The third kappa shape index (κ3) is 3.29. The molecule has 6 nitrogen and oxygen atoms in total. The fourth-order valence-electron chi connectivity index (χ4n) is 3.76. The summed E-state index contributed by atoms with van der Waals surface area (Å²) in [5.41, 5.74) is 0.452. The Morgan fingerprint density at radius 2 is 1.64 bits per heavy atom. The Hall–Kier alpha value is -2.73. The number of hydrogen-bond donors (Lipinski definition) is 1. The Morgan fingerprint density at radius 1 is 1.04 bits per heavy atom. The number of hydrogen-bond acceptors (Lipinski definition) is 5. The minimum absolute atomic E-state index is 0.105. The molecule has 2 aromatic carbocycles. The molecule has 150 valence electrons. The van der Waals surface area contributed by atoms with Gasteiger partial charge in [-0.3, -0.25) is 4.79 Å².